The van der Waals surface area contributed by atoms with E-state index in [1.807, 2.05) is 17.3 Å². The Morgan fingerprint density at radius 3 is 2.30 bits per heavy atom. The van der Waals surface area contributed by atoms with Crippen LogP contribution in [0.1, 0.15) is 49.4 Å². The van der Waals surface area contributed by atoms with Crippen LogP contribution in [0.2, 0.25) is 0 Å². The van der Waals surface area contributed by atoms with Crippen molar-refractivity contribution >= 4 is 38.5 Å². The molecule has 1 aromatic rings. The summed E-state index contributed by atoms with van der Waals surface area (Å²) in [7, 11) is -3.31. The number of anilines is 1. The van der Waals surface area contributed by atoms with Gasteiger partial charge in [0.15, 0.2) is 5.78 Å². The third-order valence-electron chi connectivity index (χ3n) is 4.26. The lowest BCUT2D eigenvalue weighted by Crippen LogP contribution is -2.30. The molecule has 1 aliphatic rings. The Bertz CT molecular complexity index is 720. The van der Waals surface area contributed by atoms with Crippen LogP contribution < -0.4 is 4.72 Å². The van der Waals surface area contributed by atoms with E-state index in [-0.39, 0.29) is 22.8 Å². The number of nitrogens with one attached hydrogen (secondary N) is 1. The van der Waals surface area contributed by atoms with Crippen molar-refractivity contribution in [1.82, 2.24) is 9.80 Å². The number of carbonyl (C=O) groups excluding carboxylic acids is 1. The van der Waals surface area contributed by atoms with Crippen LogP contribution in [0.4, 0.5) is 5.69 Å². The minimum absolute atomic E-state index is 0. The standard InChI is InChI=1S/C19H29N3O3S.BrH/c1-3-4-5-6-7-12-21-13-14-22(16-21)15-19(23)17-8-10-18(11-9-17)20-26(2,24)25;/h8-11,13-14,20H,3-7,12,15-16H2,1-2H3;1H. The Kier molecular flexibility index (Phi) is 9.87. The van der Waals surface area contributed by atoms with Gasteiger partial charge in [0, 0.05) is 30.2 Å². The number of nitrogens with zero attached hydrogens (tertiary/aromatic N) is 2. The zero-order chi connectivity index (χ0) is 19.0. The van der Waals surface area contributed by atoms with Crippen LogP contribution in [-0.2, 0) is 10.0 Å². The fourth-order valence-corrected chi connectivity index (χ4v) is 3.46. The third-order valence-corrected chi connectivity index (χ3v) is 4.86. The lowest BCUT2D eigenvalue weighted by molar-refractivity contribution is 0.0945. The highest BCUT2D eigenvalue weighted by Crippen LogP contribution is 2.14. The molecule has 0 bridgehead atoms. The summed E-state index contributed by atoms with van der Waals surface area (Å²) in [5.74, 6) is 0.0188. The first-order chi connectivity index (χ1) is 12.4. The van der Waals surface area contributed by atoms with E-state index in [0.29, 0.717) is 17.8 Å². The van der Waals surface area contributed by atoms with E-state index in [2.05, 4.69) is 16.5 Å². The van der Waals surface area contributed by atoms with Gasteiger partial charge < -0.3 is 9.80 Å². The first kappa shape index (κ1) is 23.5. The molecule has 0 unspecified atom stereocenters. The van der Waals surface area contributed by atoms with Gasteiger partial charge in [-0.05, 0) is 30.7 Å². The van der Waals surface area contributed by atoms with Crippen LogP contribution in [0.25, 0.3) is 0 Å². The van der Waals surface area contributed by atoms with Crippen LogP contribution in [0.3, 0.4) is 0 Å². The number of hydrogen-bond acceptors (Lipinski definition) is 5. The summed E-state index contributed by atoms with van der Waals surface area (Å²) >= 11 is 0. The quantitative estimate of drug-likeness (QED) is 0.402. The van der Waals surface area contributed by atoms with Gasteiger partial charge in [0.1, 0.15) is 0 Å². The number of halogens is 1. The minimum Gasteiger partial charge on any atom is -0.359 e. The number of ketones is 1. The number of carbonyl (C=O) groups is 1. The van der Waals surface area contributed by atoms with Gasteiger partial charge in [0.05, 0.1) is 19.5 Å². The predicted molar refractivity (Wildman–Crippen MR) is 116 cm³/mol. The highest BCUT2D eigenvalue weighted by atomic mass is 79.9. The molecule has 0 atom stereocenters. The van der Waals surface area contributed by atoms with Crippen LogP contribution >= 0.6 is 17.0 Å². The van der Waals surface area contributed by atoms with Crippen LogP contribution in [-0.4, -0.2) is 50.0 Å². The van der Waals surface area contributed by atoms with Gasteiger partial charge in [-0.25, -0.2) is 8.42 Å². The molecular weight excluding hydrogens is 430 g/mol. The normalized spacial score (nSPS) is 13.6. The Morgan fingerprint density at radius 2 is 1.67 bits per heavy atom. The Labute approximate surface area is 173 Å². The molecule has 0 spiro atoms. The molecule has 6 nitrogen and oxygen atoms in total. The highest BCUT2D eigenvalue weighted by molar-refractivity contribution is 8.93. The van der Waals surface area contributed by atoms with Gasteiger partial charge in [-0.1, -0.05) is 32.6 Å². The van der Waals surface area contributed by atoms with E-state index in [9.17, 15) is 13.2 Å². The molecule has 1 aliphatic heterocycles. The van der Waals surface area contributed by atoms with Gasteiger partial charge in [-0.3, -0.25) is 9.52 Å². The molecule has 2 rings (SSSR count). The average molecular weight is 460 g/mol. The van der Waals surface area contributed by atoms with E-state index in [1.54, 1.807) is 24.3 Å². The van der Waals surface area contributed by atoms with Crippen molar-refractivity contribution in [2.24, 2.45) is 0 Å². The van der Waals surface area contributed by atoms with Gasteiger partial charge in [0.2, 0.25) is 10.0 Å². The topological polar surface area (TPSA) is 69.7 Å². The summed E-state index contributed by atoms with van der Waals surface area (Å²) in [6, 6.07) is 6.52. The van der Waals surface area contributed by atoms with Gasteiger partial charge in [0.25, 0.3) is 0 Å². The summed E-state index contributed by atoms with van der Waals surface area (Å²) in [6.45, 7) is 4.31. The molecule has 1 N–H and O–H groups in total. The summed E-state index contributed by atoms with van der Waals surface area (Å²) < 4.78 is 24.8. The second-order valence-corrected chi connectivity index (χ2v) is 8.54. The fourth-order valence-electron chi connectivity index (χ4n) is 2.90. The molecule has 0 saturated heterocycles. The maximum absolute atomic E-state index is 12.4. The molecule has 27 heavy (non-hydrogen) atoms. The first-order valence-corrected chi connectivity index (χ1v) is 11.0. The third kappa shape index (κ3) is 8.79. The molecular formula is C19H30BrN3O3S. The molecule has 0 amide bonds. The van der Waals surface area contributed by atoms with Crippen molar-refractivity contribution < 1.29 is 13.2 Å². The maximum Gasteiger partial charge on any atom is 0.229 e. The lowest BCUT2D eigenvalue weighted by Gasteiger charge is -2.20. The molecule has 0 aromatic heterocycles. The van der Waals surface area contributed by atoms with E-state index >= 15 is 0 Å². The maximum atomic E-state index is 12.4. The largest absolute Gasteiger partial charge is 0.359 e. The molecule has 1 aromatic carbocycles. The summed E-state index contributed by atoms with van der Waals surface area (Å²) in [5.41, 5.74) is 1.04. The lowest BCUT2D eigenvalue weighted by atomic mass is 10.1. The second kappa shape index (κ2) is 11.3. The van der Waals surface area contributed by atoms with Crippen molar-refractivity contribution in [2.75, 3.05) is 30.7 Å². The zero-order valence-electron chi connectivity index (χ0n) is 16.1. The van der Waals surface area contributed by atoms with E-state index in [4.69, 9.17) is 0 Å². The SMILES string of the molecule is Br.CCCCCCCN1C=CN(CC(=O)c2ccc(NS(C)(=O)=O)cc2)C1. The summed E-state index contributed by atoms with van der Waals surface area (Å²) in [6.07, 6.45) is 11.4. The van der Waals surface area contributed by atoms with E-state index in [0.717, 1.165) is 19.5 Å². The number of benzene rings is 1. The van der Waals surface area contributed by atoms with Crippen LogP contribution in [0.5, 0.6) is 0 Å². The molecule has 0 saturated carbocycles. The molecule has 0 aliphatic carbocycles. The van der Waals surface area contributed by atoms with Gasteiger partial charge in [-0.2, -0.15) is 0 Å². The molecule has 1 heterocycles. The van der Waals surface area contributed by atoms with Gasteiger partial charge in [-0.15, -0.1) is 17.0 Å². The number of Topliss-reactive ketones (excluding diaryl/α,β-unsaturated/α-hetero) is 1. The predicted octanol–water partition coefficient (Wildman–Crippen LogP) is 3.84. The van der Waals surface area contributed by atoms with Crippen molar-refractivity contribution in [3.05, 3.63) is 42.2 Å². The summed E-state index contributed by atoms with van der Waals surface area (Å²) in [5, 5.41) is 0. The Morgan fingerprint density at radius 1 is 1.04 bits per heavy atom. The molecule has 8 heteroatoms. The fraction of sp³-hybridized carbons (Fsp3) is 0.526. The molecule has 0 fully saturated rings. The van der Waals surface area contributed by atoms with Crippen LogP contribution in [0, 0.1) is 0 Å². The van der Waals surface area contributed by atoms with Gasteiger partial charge >= 0.3 is 0 Å². The molecule has 152 valence electrons. The van der Waals surface area contributed by atoms with Crippen LogP contribution in [0.15, 0.2) is 36.7 Å². The summed E-state index contributed by atoms with van der Waals surface area (Å²) in [4.78, 5) is 16.6. The highest BCUT2D eigenvalue weighted by Gasteiger charge is 2.16. The zero-order valence-corrected chi connectivity index (χ0v) is 18.6. The number of unbranched alkanes of at least 4 members (excludes halogenated alkanes) is 4. The first-order valence-electron chi connectivity index (χ1n) is 9.15. The van der Waals surface area contributed by atoms with E-state index in [1.165, 1.54) is 32.1 Å². The van der Waals surface area contributed by atoms with Crippen molar-refractivity contribution in [3.8, 4) is 0 Å². The average Bonchev–Trinajstić information content (AvgIpc) is 3.01. The van der Waals surface area contributed by atoms with E-state index < -0.39 is 10.0 Å². The number of hydrogen-bond donors (Lipinski definition) is 1. The Balaban J connectivity index is 0.00000364. The monoisotopic (exact) mass is 459 g/mol. The number of sulfonamides is 1. The van der Waals surface area contributed by atoms with Crippen molar-refractivity contribution in [1.29, 1.82) is 0 Å². The minimum atomic E-state index is -3.31. The smallest absolute Gasteiger partial charge is 0.229 e. The second-order valence-electron chi connectivity index (χ2n) is 6.79. The van der Waals surface area contributed by atoms with Crippen molar-refractivity contribution in [3.63, 3.8) is 0 Å². The number of rotatable bonds is 11. The molecule has 0 radical (unpaired) electrons. The Hall–Kier alpha value is -1.54. The van der Waals surface area contributed by atoms with Crippen molar-refractivity contribution in [2.45, 2.75) is 39.0 Å².